The van der Waals surface area contributed by atoms with E-state index in [2.05, 4.69) is 73.8 Å². The van der Waals surface area contributed by atoms with Gasteiger partial charge in [0.15, 0.2) is 23.3 Å². The van der Waals surface area contributed by atoms with Crippen LogP contribution in [0, 0.1) is 46.8 Å². The van der Waals surface area contributed by atoms with Crippen molar-refractivity contribution >= 4 is 175 Å². The minimum atomic E-state index is -1.99. The highest BCUT2D eigenvalue weighted by Crippen LogP contribution is 2.35. The second-order valence-corrected chi connectivity index (χ2v) is 38.1. The van der Waals surface area contributed by atoms with Crippen LogP contribution in [0.2, 0.25) is 0 Å². The Morgan fingerprint density at radius 3 is 1.83 bits per heavy atom. The number of aromatic amines is 1. The highest BCUT2D eigenvalue weighted by Gasteiger charge is 2.44. The quantitative estimate of drug-likeness (QED) is 0.0188. The number of thiophene rings is 1. The van der Waals surface area contributed by atoms with E-state index in [0.717, 1.165) is 28.3 Å². The number of nitrogens with one attached hydrogen (secondary N) is 14. The topological polar surface area (TPSA) is 728 Å². The van der Waals surface area contributed by atoms with Crippen LogP contribution in [0.15, 0.2) is 35.2 Å². The van der Waals surface area contributed by atoms with Crippen LogP contribution in [0.5, 0.6) is 0 Å². The van der Waals surface area contributed by atoms with Gasteiger partial charge in [-0.2, -0.15) is 11.8 Å². The number of hydrogen-bond acceptors (Lipinski definition) is 26. The zero-order valence-electron chi connectivity index (χ0n) is 77.7. The van der Waals surface area contributed by atoms with Crippen molar-refractivity contribution in [3.8, 4) is 0 Å². The molecule has 5 heterocycles. The van der Waals surface area contributed by atoms with E-state index in [0.29, 0.717) is 22.6 Å². The summed E-state index contributed by atoms with van der Waals surface area (Å²) in [6.07, 6.45) is -0.352. The highest BCUT2D eigenvalue weighted by atomic mass is 32.2. The van der Waals surface area contributed by atoms with E-state index >= 15 is 24.0 Å². The number of aliphatic carboxylic acids is 3. The molecule has 135 heavy (non-hydrogen) atoms. The van der Waals surface area contributed by atoms with E-state index in [1.165, 1.54) is 35.6 Å². The molecule has 2 aliphatic heterocycles. The number of carboxylic acid groups (broad SMARTS) is 3. The Labute approximate surface area is 794 Å². The molecule has 3 aromatic heterocycles. The molecule has 1 saturated heterocycles. The van der Waals surface area contributed by atoms with E-state index in [-0.39, 0.29) is 114 Å². The normalized spacial score (nSPS) is 19.3. The van der Waals surface area contributed by atoms with Gasteiger partial charge < -0.3 is 117 Å². The number of guanidine groups is 1. The van der Waals surface area contributed by atoms with Gasteiger partial charge in [0.2, 0.25) is 88.6 Å². The Morgan fingerprint density at radius 2 is 1.24 bits per heavy atom. The number of aryl methyl sites for hydroxylation is 1. The number of hydrogen-bond donors (Lipinski definition) is 21. The second kappa shape index (κ2) is 56.3. The van der Waals surface area contributed by atoms with Gasteiger partial charge in [-0.3, -0.25) is 106 Å². The lowest BCUT2D eigenvalue weighted by Gasteiger charge is -2.31. The summed E-state index contributed by atoms with van der Waals surface area (Å²) in [5.74, 6) is -27.0. The molecule has 0 spiro atoms. The van der Waals surface area contributed by atoms with Crippen molar-refractivity contribution in [1.82, 2.24) is 83.2 Å². The smallest absolute Gasteiger partial charge is 0.305 e. The van der Waals surface area contributed by atoms with Crippen LogP contribution in [-0.4, -0.2) is 268 Å². The van der Waals surface area contributed by atoms with Gasteiger partial charge in [0.25, 0.3) is 0 Å². The van der Waals surface area contributed by atoms with E-state index < -0.39 is 296 Å². The lowest BCUT2D eigenvalue weighted by atomic mass is 9.86. The lowest BCUT2D eigenvalue weighted by molar-refractivity contribution is -0.144. The number of ketones is 3. The number of carbonyl (C=O) groups is 21. The number of likely N-dealkylation sites (tertiary alicyclic amines) is 1. The number of Topliss-reactive ketones (excluding diaryl/α,β-unsaturated/α-hetero) is 3. The molecule has 5 rings (SSSR count). The third-order valence-corrected chi connectivity index (χ3v) is 25.9. The zero-order valence-corrected chi connectivity index (χ0v) is 80.2. The largest absolute Gasteiger partial charge is 0.481 e. The third kappa shape index (κ3) is 37.9. The van der Waals surface area contributed by atoms with E-state index in [4.69, 9.17) is 28.3 Å². The van der Waals surface area contributed by atoms with Crippen molar-refractivity contribution in [2.75, 3.05) is 30.9 Å². The number of amides is 15. The first-order valence-corrected chi connectivity index (χ1v) is 48.3. The number of thioether (sulfide) groups is 2. The SMILES string of the molecule is CC[C@H](C)[C@@H]1NC(=O)[C@@H](NC(=O)[C@H](CCC(=O)O)NC(=O)[C@@H]2CCCN2C(=O)[C@H](CC(N)=O)NC(=O)[C@H](CCC(=O)O)NC(C)=O)CSc2c3ccsc3cn2CCCC[C@@H](C(=O)N[C@@H](Cc2cnc[nH]2)C(=O)C[C@H](C(=O)N[C@@H](CCC(N)=O)C(=O)C[C@@H](CCCNC(=N)N)C(=O)N[C@H](C(=O)C[C@@H](CCSC)C(N)=O)C(C)C)C(C)C)NC(=O)[C@H](CC(=O)O)NC(=O)[C@H](CC(C)C)NC1=O. The van der Waals surface area contributed by atoms with Crippen LogP contribution in [0.4, 0.5) is 0 Å². The predicted octanol–water partition coefficient (Wildman–Crippen LogP) is -0.734. The van der Waals surface area contributed by atoms with Gasteiger partial charge in [0.1, 0.15) is 54.4 Å². The van der Waals surface area contributed by atoms with Crippen LogP contribution < -0.4 is 86.7 Å². The van der Waals surface area contributed by atoms with Gasteiger partial charge >= 0.3 is 17.9 Å². The van der Waals surface area contributed by atoms with Crippen LogP contribution in [0.1, 0.15) is 203 Å². The van der Waals surface area contributed by atoms with E-state index in [9.17, 15) is 92.0 Å². The van der Waals surface area contributed by atoms with Crippen molar-refractivity contribution in [2.45, 2.75) is 288 Å². The molecular formula is C87H133N21O24S3. The summed E-state index contributed by atoms with van der Waals surface area (Å²) in [5, 5.41) is 71.4. The molecule has 48 heteroatoms. The minimum absolute atomic E-state index is 0.0346. The summed E-state index contributed by atoms with van der Waals surface area (Å²) < 4.78 is 2.54. The summed E-state index contributed by atoms with van der Waals surface area (Å²) in [7, 11) is 0. The fourth-order valence-electron chi connectivity index (χ4n) is 15.6. The maximum atomic E-state index is 15.4. The predicted molar refractivity (Wildman–Crippen MR) is 496 cm³/mol. The molecule has 2 aliphatic rings. The third-order valence-electron chi connectivity index (χ3n) is 23.2. The molecule has 16 atom stereocenters. The minimum Gasteiger partial charge on any atom is -0.481 e. The van der Waals surface area contributed by atoms with Crippen LogP contribution >= 0.6 is 34.9 Å². The number of primary amides is 3. The number of H-pyrrole nitrogens is 1. The summed E-state index contributed by atoms with van der Waals surface area (Å²) in [5.41, 5.74) is 22.6. The fraction of sp³-hybridized carbons (Fsp3) is 0.644. The molecule has 748 valence electrons. The van der Waals surface area contributed by atoms with Crippen molar-refractivity contribution in [2.24, 2.45) is 64.4 Å². The molecule has 15 amide bonds. The molecular weight excluding hydrogens is 1820 g/mol. The lowest BCUT2D eigenvalue weighted by Crippen LogP contribution is -2.62. The Bertz CT molecular complexity index is 4700. The second-order valence-electron chi connectivity index (χ2n) is 35.1. The average molecular weight is 1950 g/mol. The van der Waals surface area contributed by atoms with Crippen LogP contribution in [0.3, 0.4) is 0 Å². The van der Waals surface area contributed by atoms with Gasteiger partial charge in [-0.1, -0.05) is 61.8 Å². The van der Waals surface area contributed by atoms with Crippen molar-refractivity contribution in [3.63, 3.8) is 0 Å². The highest BCUT2D eigenvalue weighted by molar-refractivity contribution is 7.99. The molecule has 0 unspecified atom stereocenters. The molecule has 45 nitrogen and oxygen atoms in total. The Hall–Kier alpha value is -12.1. The Morgan fingerprint density at radius 1 is 0.615 bits per heavy atom. The zero-order chi connectivity index (χ0) is 101. The molecule has 25 N–H and O–H groups in total. The van der Waals surface area contributed by atoms with E-state index in [1.807, 2.05) is 10.8 Å². The number of nitrogens with zero attached hydrogens (tertiary/aromatic N) is 3. The number of rotatable bonds is 52. The first-order valence-electron chi connectivity index (χ1n) is 45.1. The molecule has 1 fully saturated rings. The number of aromatic nitrogens is 3. The summed E-state index contributed by atoms with van der Waals surface area (Å²) in [4.78, 5) is 300. The van der Waals surface area contributed by atoms with Gasteiger partial charge in [-0.05, 0) is 124 Å². The Kier molecular flexibility index (Phi) is 47.3. The maximum absolute atomic E-state index is 15.4. The monoisotopic (exact) mass is 1950 g/mol. The first-order chi connectivity index (χ1) is 63.6. The summed E-state index contributed by atoms with van der Waals surface area (Å²) in [6.45, 7) is 14.3. The van der Waals surface area contributed by atoms with Gasteiger partial charge in [-0.25, -0.2) is 4.98 Å². The summed E-state index contributed by atoms with van der Waals surface area (Å²) >= 11 is 3.83. The Balaban J connectivity index is 1.54. The number of carboxylic acids is 3. The van der Waals surface area contributed by atoms with Gasteiger partial charge in [0, 0.05) is 118 Å². The maximum Gasteiger partial charge on any atom is 0.305 e. The number of nitrogens with two attached hydrogens (primary N) is 4. The average Bonchev–Trinajstić information content (AvgIpc) is 1.63. The molecule has 0 radical (unpaired) electrons. The van der Waals surface area contributed by atoms with Crippen molar-refractivity contribution < 1.29 is 116 Å². The van der Waals surface area contributed by atoms with Crippen molar-refractivity contribution in [3.05, 3.63) is 35.9 Å². The number of fused-ring (bicyclic) bond motifs is 3. The fourth-order valence-corrected chi connectivity index (χ4v) is 18.2. The van der Waals surface area contributed by atoms with Crippen LogP contribution in [0.25, 0.3) is 10.1 Å². The standard InChI is InChI=1S/C87H133N21O24S3/c1-11-46(8)73-84(131)102-58(32-43(2)3)80(127)101-59(38-71(119)120)81(128)98-54(77(124)100-57(35-50-39-93-42-95-50)64(111)36-52(44(4)5)76(123)97-53(19-22-67(88)113)63(110)34-49(16-14-27-94-87(91)92)75(122)105-72(45(6)7)65(112)33-48(74(90)121)25-30-133-10)17-12-13-28-107-40-66-51(26-31-134-66)86(107)135-41-61(82(129)106-73)104-79(126)56(21-24-70(117)118)99-83(130)62-18-15-29-108(62)85(132)60(37-68(89)114)103-78(125)55(96-47(9)109)20-23-69(115)116/h26,31,39-40,42-46,48-49,52-62,72-73H,11-25,27-30,32-38,41H2,1-10H3,(H2,88,113)(H2,89,114)(H2,90,121)(H,93,95)(H,96,109)(H,97,123)(H,98,128)(H,99,130)(H,100,124)(H,101,127)(H,102,131)(H,103,125)(H,104,126)(H,105,122)(H,106,129)(H,115,116)(H,117,118)(H,119,120)(H4,91,92,94)/t46-,48+,49+,52-,53-,54-,55-,56-,57-,58-,59-,60-,61-,62-,72-,73-/m0/s1. The molecule has 0 bridgehead atoms. The molecule has 0 aliphatic carbocycles. The van der Waals surface area contributed by atoms with Gasteiger partial charge in [-0.15, -0.1) is 23.1 Å². The molecule has 0 saturated carbocycles. The molecule has 3 aromatic rings. The summed E-state index contributed by atoms with van der Waals surface area (Å²) in [6, 6.07) is -17.5. The molecule has 0 aromatic carbocycles. The number of imidazole rings is 1. The number of carbonyl (C=O) groups excluding carboxylic acids is 18. The van der Waals surface area contributed by atoms with Gasteiger partial charge in [0.05, 0.1) is 47.0 Å². The van der Waals surface area contributed by atoms with Crippen LogP contribution in [-0.2, 0) is 114 Å². The van der Waals surface area contributed by atoms with Crippen molar-refractivity contribution in [1.29, 1.82) is 5.41 Å². The van der Waals surface area contributed by atoms with E-state index in [1.54, 1.807) is 73.0 Å². The first kappa shape index (κ1) is 113.